The molecule has 3 rings (SSSR count). The fourth-order valence-electron chi connectivity index (χ4n) is 2.90. The molecule has 146 valence electrons. The Kier molecular flexibility index (Phi) is 5.49. The average Bonchev–Trinajstić information content (AvgIpc) is 2.69. The highest BCUT2D eigenvalue weighted by Gasteiger charge is 2.28. The Hall–Kier alpha value is -3.55. The van der Waals surface area contributed by atoms with E-state index >= 15 is 0 Å². The Labute approximate surface area is 161 Å². The molecular weight excluding hydrogens is 365 g/mol. The lowest BCUT2D eigenvalue weighted by Crippen LogP contribution is -2.43. The Morgan fingerprint density at radius 2 is 1.75 bits per heavy atom. The number of aryl methyl sites for hydroxylation is 1. The average molecular weight is 385 g/mol. The second kappa shape index (κ2) is 7.99. The van der Waals surface area contributed by atoms with E-state index in [0.29, 0.717) is 22.7 Å². The molecule has 0 unspecified atom stereocenters. The number of anilines is 1. The van der Waals surface area contributed by atoms with E-state index in [4.69, 9.17) is 9.47 Å². The quantitative estimate of drug-likeness (QED) is 0.738. The van der Waals surface area contributed by atoms with Gasteiger partial charge in [0, 0.05) is 18.0 Å². The van der Waals surface area contributed by atoms with Gasteiger partial charge in [-0.3, -0.25) is 4.79 Å². The van der Waals surface area contributed by atoms with Gasteiger partial charge in [0.1, 0.15) is 5.82 Å². The van der Waals surface area contributed by atoms with Crippen molar-refractivity contribution in [3.8, 4) is 11.5 Å². The maximum Gasteiger partial charge on any atom is 0.319 e. The summed E-state index contributed by atoms with van der Waals surface area (Å²) in [4.78, 5) is 24.7. The van der Waals surface area contributed by atoms with Gasteiger partial charge in [-0.15, -0.1) is 0 Å². The van der Waals surface area contributed by atoms with E-state index in [1.54, 1.807) is 12.1 Å². The van der Waals surface area contributed by atoms with Crippen LogP contribution in [0.2, 0.25) is 0 Å². The van der Waals surface area contributed by atoms with E-state index in [1.807, 2.05) is 6.92 Å². The first-order chi connectivity index (χ1) is 13.4. The first-order valence-corrected chi connectivity index (χ1v) is 8.49. The van der Waals surface area contributed by atoms with Crippen LogP contribution in [-0.4, -0.2) is 26.2 Å². The monoisotopic (exact) mass is 385 g/mol. The van der Waals surface area contributed by atoms with Crippen LogP contribution in [0.5, 0.6) is 11.5 Å². The second-order valence-corrected chi connectivity index (χ2v) is 6.18. The summed E-state index contributed by atoms with van der Waals surface area (Å²) in [6.45, 7) is 1.82. The highest BCUT2D eigenvalue weighted by Crippen LogP contribution is 2.33. The van der Waals surface area contributed by atoms with Gasteiger partial charge >= 0.3 is 6.03 Å². The summed E-state index contributed by atoms with van der Waals surface area (Å²) in [7, 11) is 3.04. The number of methoxy groups -OCH3 is 2. The number of rotatable bonds is 5. The molecular formula is C20H20FN3O4. The molecule has 2 aromatic rings. The summed E-state index contributed by atoms with van der Waals surface area (Å²) in [6.07, 6.45) is 1.35. The van der Waals surface area contributed by atoms with E-state index in [2.05, 4.69) is 16.0 Å². The van der Waals surface area contributed by atoms with Crippen molar-refractivity contribution in [1.29, 1.82) is 0 Å². The number of halogens is 1. The minimum absolute atomic E-state index is 0.278. The van der Waals surface area contributed by atoms with E-state index in [1.165, 1.54) is 44.7 Å². The number of hydrogen-bond acceptors (Lipinski definition) is 4. The Morgan fingerprint density at radius 3 is 2.39 bits per heavy atom. The lowest BCUT2D eigenvalue weighted by molar-refractivity contribution is -0.113. The van der Waals surface area contributed by atoms with Crippen LogP contribution in [0, 0.1) is 12.7 Å². The third-order valence-corrected chi connectivity index (χ3v) is 4.39. The zero-order valence-corrected chi connectivity index (χ0v) is 15.6. The molecule has 3 N–H and O–H groups in total. The minimum Gasteiger partial charge on any atom is -0.493 e. The number of hydrogen-bond donors (Lipinski definition) is 3. The maximum absolute atomic E-state index is 13.2. The summed E-state index contributed by atoms with van der Waals surface area (Å²) in [5.74, 6) is 0.202. The molecule has 0 saturated carbocycles. The molecule has 0 saturated heterocycles. The van der Waals surface area contributed by atoms with E-state index in [9.17, 15) is 14.0 Å². The van der Waals surface area contributed by atoms with Gasteiger partial charge in [-0.25, -0.2) is 9.18 Å². The molecule has 8 heteroatoms. The van der Waals surface area contributed by atoms with Gasteiger partial charge < -0.3 is 25.4 Å². The van der Waals surface area contributed by atoms with E-state index in [0.717, 1.165) is 5.56 Å². The number of urea groups is 1. The van der Waals surface area contributed by atoms with Gasteiger partial charge in [-0.2, -0.15) is 0 Å². The van der Waals surface area contributed by atoms with Crippen molar-refractivity contribution < 1.29 is 23.5 Å². The maximum atomic E-state index is 13.2. The van der Waals surface area contributed by atoms with Gasteiger partial charge in [0.05, 0.1) is 25.8 Å². The topological polar surface area (TPSA) is 88.7 Å². The van der Waals surface area contributed by atoms with Crippen LogP contribution in [0.3, 0.4) is 0 Å². The van der Waals surface area contributed by atoms with E-state index < -0.39 is 23.8 Å². The molecule has 3 amide bonds. The van der Waals surface area contributed by atoms with Crippen LogP contribution >= 0.6 is 0 Å². The molecule has 1 heterocycles. The predicted molar refractivity (Wildman–Crippen MR) is 102 cm³/mol. The van der Waals surface area contributed by atoms with Gasteiger partial charge in [0.25, 0.3) is 5.91 Å². The standard InChI is InChI=1S/C20H20FN3O4/c1-11-8-16(27-2)17(28-3)9-15(11)23-19(25)14-10-22-20(26)24-18(14)12-4-6-13(21)7-5-12/h4-10,18H,1-3H3,(H,23,25)(H2,22,24,26)/t18-/m1/s1. The molecule has 28 heavy (non-hydrogen) atoms. The molecule has 0 aromatic heterocycles. The summed E-state index contributed by atoms with van der Waals surface area (Å²) in [6, 6.07) is 7.84. The molecule has 1 aliphatic heterocycles. The summed E-state index contributed by atoms with van der Waals surface area (Å²) in [5, 5.41) is 7.98. The number of ether oxygens (including phenoxy) is 2. The lowest BCUT2D eigenvalue weighted by Gasteiger charge is -2.26. The van der Waals surface area contributed by atoms with Crippen molar-refractivity contribution in [1.82, 2.24) is 10.6 Å². The fourth-order valence-corrected chi connectivity index (χ4v) is 2.90. The fraction of sp³-hybridized carbons (Fsp3) is 0.200. The van der Waals surface area contributed by atoms with Crippen LogP contribution in [0.4, 0.5) is 14.9 Å². The third kappa shape index (κ3) is 3.90. The van der Waals surface area contributed by atoms with Gasteiger partial charge in [-0.05, 0) is 36.2 Å². The van der Waals surface area contributed by atoms with Crippen LogP contribution in [0.1, 0.15) is 17.2 Å². The molecule has 0 aliphatic carbocycles. The predicted octanol–water partition coefficient (Wildman–Crippen LogP) is 3.03. The van der Waals surface area contributed by atoms with Crippen molar-refractivity contribution in [2.75, 3.05) is 19.5 Å². The SMILES string of the molecule is COc1cc(C)c(NC(=O)C2=CNC(=O)N[C@@H]2c2ccc(F)cc2)cc1OC. The summed E-state index contributed by atoms with van der Waals surface area (Å²) in [5.41, 5.74) is 2.18. The van der Waals surface area contributed by atoms with Crippen molar-refractivity contribution in [2.45, 2.75) is 13.0 Å². The molecule has 7 nitrogen and oxygen atoms in total. The zero-order valence-electron chi connectivity index (χ0n) is 15.6. The van der Waals surface area contributed by atoms with Crippen LogP contribution in [-0.2, 0) is 4.79 Å². The number of nitrogens with one attached hydrogen (secondary N) is 3. The smallest absolute Gasteiger partial charge is 0.319 e. The number of carbonyl (C=O) groups excluding carboxylic acids is 2. The second-order valence-electron chi connectivity index (χ2n) is 6.18. The van der Waals surface area contributed by atoms with Crippen molar-refractivity contribution in [3.63, 3.8) is 0 Å². The lowest BCUT2D eigenvalue weighted by atomic mass is 9.97. The Morgan fingerprint density at radius 1 is 1.11 bits per heavy atom. The van der Waals surface area contributed by atoms with Gasteiger partial charge in [0.15, 0.2) is 11.5 Å². The largest absolute Gasteiger partial charge is 0.493 e. The van der Waals surface area contributed by atoms with E-state index in [-0.39, 0.29) is 5.57 Å². The highest BCUT2D eigenvalue weighted by molar-refractivity contribution is 6.06. The summed E-state index contributed by atoms with van der Waals surface area (Å²) < 4.78 is 23.8. The van der Waals surface area contributed by atoms with Crippen LogP contribution < -0.4 is 25.4 Å². The van der Waals surface area contributed by atoms with Crippen molar-refractivity contribution >= 4 is 17.6 Å². The molecule has 0 fully saturated rings. The Bertz CT molecular complexity index is 941. The molecule has 1 atom stereocenters. The highest BCUT2D eigenvalue weighted by atomic mass is 19.1. The molecule has 0 bridgehead atoms. The normalized spacial score (nSPS) is 15.8. The molecule has 1 aliphatic rings. The van der Waals surface area contributed by atoms with Gasteiger partial charge in [0.2, 0.25) is 0 Å². The van der Waals surface area contributed by atoms with Crippen molar-refractivity contribution in [2.24, 2.45) is 0 Å². The first kappa shape index (κ1) is 19.2. The van der Waals surface area contributed by atoms with Gasteiger partial charge in [-0.1, -0.05) is 12.1 Å². The van der Waals surface area contributed by atoms with Crippen LogP contribution in [0.15, 0.2) is 48.2 Å². The van der Waals surface area contributed by atoms with Crippen LogP contribution in [0.25, 0.3) is 0 Å². The molecule has 0 spiro atoms. The summed E-state index contributed by atoms with van der Waals surface area (Å²) >= 11 is 0. The van der Waals surface area contributed by atoms with Crippen molar-refractivity contribution in [3.05, 3.63) is 65.1 Å². The minimum atomic E-state index is -0.713. The Balaban J connectivity index is 1.90. The molecule has 2 aromatic carbocycles. The first-order valence-electron chi connectivity index (χ1n) is 8.49. The third-order valence-electron chi connectivity index (χ3n) is 4.39. The zero-order chi connectivity index (χ0) is 20.3. The molecule has 0 radical (unpaired) electrons. The number of carbonyl (C=O) groups is 2. The number of benzene rings is 2. The number of amides is 3.